The molecule has 0 radical (unpaired) electrons. The number of anilines is 2. The van der Waals surface area contributed by atoms with Gasteiger partial charge in [0, 0.05) is 28.4 Å². The summed E-state index contributed by atoms with van der Waals surface area (Å²) in [5.41, 5.74) is -0.427. The van der Waals surface area contributed by atoms with E-state index in [0.29, 0.717) is 15.6 Å². The van der Waals surface area contributed by atoms with Crippen molar-refractivity contribution in [3.05, 3.63) is 97.0 Å². The van der Waals surface area contributed by atoms with Gasteiger partial charge >= 0.3 is 6.03 Å². The Balaban J connectivity index is 1.59. The number of barbiturate groups is 1. The molecule has 39 heavy (non-hydrogen) atoms. The van der Waals surface area contributed by atoms with Crippen LogP contribution in [-0.4, -0.2) is 35.3 Å². The summed E-state index contributed by atoms with van der Waals surface area (Å²) in [7, 11) is 0. The van der Waals surface area contributed by atoms with Gasteiger partial charge in [-0.1, -0.05) is 40.9 Å². The molecule has 1 fully saturated rings. The number of amides is 5. The first-order valence-corrected chi connectivity index (χ1v) is 12.0. The molecule has 3 aromatic rings. The predicted octanol–water partition coefficient (Wildman–Crippen LogP) is 5.24. The third kappa shape index (κ3) is 6.34. The molecule has 3 aromatic carbocycles. The van der Waals surface area contributed by atoms with Crippen LogP contribution in [0, 0.1) is 10.1 Å². The highest BCUT2D eigenvalue weighted by atomic mass is 35.5. The zero-order chi connectivity index (χ0) is 28.3. The first-order valence-electron chi connectivity index (χ1n) is 10.9. The number of carbonyl (C=O) groups excluding carboxylic acids is 4. The summed E-state index contributed by atoms with van der Waals surface area (Å²) in [5.74, 6) is -2.49. The number of ether oxygens (including phenoxy) is 1. The predicted molar refractivity (Wildman–Crippen MR) is 144 cm³/mol. The van der Waals surface area contributed by atoms with Crippen molar-refractivity contribution < 1.29 is 28.8 Å². The largest absolute Gasteiger partial charge is 0.483 e. The Bertz CT molecular complexity index is 1570. The number of benzene rings is 3. The Morgan fingerprint density at radius 2 is 1.79 bits per heavy atom. The maximum absolute atomic E-state index is 13.2. The molecule has 0 aromatic heterocycles. The van der Waals surface area contributed by atoms with Crippen LogP contribution in [0.5, 0.6) is 5.75 Å². The first kappa shape index (κ1) is 27.6. The van der Waals surface area contributed by atoms with E-state index in [1.54, 1.807) is 6.07 Å². The van der Waals surface area contributed by atoms with Crippen LogP contribution in [0.1, 0.15) is 5.56 Å². The van der Waals surface area contributed by atoms with E-state index in [-0.39, 0.29) is 32.7 Å². The van der Waals surface area contributed by atoms with E-state index in [1.165, 1.54) is 48.5 Å². The van der Waals surface area contributed by atoms with Gasteiger partial charge in [-0.2, -0.15) is 0 Å². The van der Waals surface area contributed by atoms with Crippen molar-refractivity contribution in [3.8, 4) is 5.75 Å². The summed E-state index contributed by atoms with van der Waals surface area (Å²) in [6, 6.07) is 12.5. The van der Waals surface area contributed by atoms with Crippen molar-refractivity contribution in [3.63, 3.8) is 0 Å². The van der Waals surface area contributed by atoms with Gasteiger partial charge in [-0.3, -0.25) is 29.8 Å². The van der Waals surface area contributed by atoms with Gasteiger partial charge in [0.25, 0.3) is 23.4 Å². The van der Waals surface area contributed by atoms with E-state index >= 15 is 0 Å². The van der Waals surface area contributed by atoms with Crippen molar-refractivity contribution in [1.82, 2.24) is 5.32 Å². The highest BCUT2D eigenvalue weighted by Crippen LogP contribution is 2.29. The summed E-state index contributed by atoms with van der Waals surface area (Å²) in [5, 5.41) is 16.5. The number of nitrogens with one attached hydrogen (secondary N) is 2. The number of rotatable bonds is 7. The monoisotopic (exact) mass is 588 g/mol. The van der Waals surface area contributed by atoms with Gasteiger partial charge in [0.05, 0.1) is 20.7 Å². The number of nitro groups is 1. The normalized spacial score (nSPS) is 14.3. The molecule has 0 unspecified atom stereocenters. The Morgan fingerprint density at radius 1 is 1.03 bits per heavy atom. The minimum absolute atomic E-state index is 0.0931. The molecular formula is C25H15Cl3N4O7. The molecule has 11 nitrogen and oxygen atoms in total. The lowest BCUT2D eigenvalue weighted by Crippen LogP contribution is -2.54. The number of halogens is 3. The van der Waals surface area contributed by atoms with Gasteiger partial charge in [-0.25, -0.2) is 9.69 Å². The van der Waals surface area contributed by atoms with E-state index in [1.807, 2.05) is 5.32 Å². The Hall–Kier alpha value is -4.45. The summed E-state index contributed by atoms with van der Waals surface area (Å²) in [4.78, 5) is 61.7. The second kappa shape index (κ2) is 11.5. The molecule has 14 heteroatoms. The molecule has 5 amide bonds. The number of nitro benzene ring substituents is 1. The molecule has 1 heterocycles. The number of carbonyl (C=O) groups is 4. The zero-order valence-electron chi connectivity index (χ0n) is 19.4. The van der Waals surface area contributed by atoms with Crippen LogP contribution in [0.15, 0.2) is 66.2 Å². The van der Waals surface area contributed by atoms with Crippen molar-refractivity contribution in [2.45, 2.75) is 0 Å². The summed E-state index contributed by atoms with van der Waals surface area (Å²) in [6.07, 6.45) is 1.13. The average molecular weight is 590 g/mol. The van der Waals surface area contributed by atoms with Gasteiger partial charge in [0.1, 0.15) is 11.3 Å². The van der Waals surface area contributed by atoms with Gasteiger partial charge < -0.3 is 10.1 Å². The molecule has 0 aliphatic carbocycles. The van der Waals surface area contributed by atoms with E-state index in [0.717, 1.165) is 12.1 Å². The molecule has 0 atom stereocenters. The number of non-ortho nitro benzene ring substituents is 1. The average Bonchev–Trinajstić information content (AvgIpc) is 2.88. The van der Waals surface area contributed by atoms with Crippen LogP contribution >= 0.6 is 34.8 Å². The van der Waals surface area contributed by atoms with E-state index in [2.05, 4.69) is 5.32 Å². The summed E-state index contributed by atoms with van der Waals surface area (Å²) >= 11 is 17.9. The topological polar surface area (TPSA) is 148 Å². The van der Waals surface area contributed by atoms with Crippen LogP contribution in [-0.2, 0) is 14.4 Å². The standard InChI is InChI=1S/C25H15Cl3N4O7/c26-14-4-7-21(39-12-22(33)29-15-5-6-19(27)20(28)10-15)13(8-14)9-18-23(34)30-25(36)31(24(18)35)16-2-1-3-17(11-16)32(37)38/h1-11H,12H2,(H,29,33)(H,30,34,36)/b18-9-. The highest BCUT2D eigenvalue weighted by Gasteiger charge is 2.37. The maximum atomic E-state index is 13.2. The molecular weight excluding hydrogens is 575 g/mol. The molecule has 0 spiro atoms. The van der Waals surface area contributed by atoms with Gasteiger partial charge in [-0.15, -0.1) is 0 Å². The van der Waals surface area contributed by atoms with Crippen LogP contribution in [0.3, 0.4) is 0 Å². The minimum Gasteiger partial charge on any atom is -0.483 e. The number of hydrogen-bond donors (Lipinski definition) is 2. The number of hydrogen-bond acceptors (Lipinski definition) is 7. The van der Waals surface area contributed by atoms with Crippen molar-refractivity contribution in [2.75, 3.05) is 16.8 Å². The number of nitrogens with zero attached hydrogens (tertiary/aromatic N) is 2. The Labute approximate surface area is 235 Å². The SMILES string of the molecule is O=C(COc1ccc(Cl)cc1/C=C1/C(=O)NC(=O)N(c2cccc([N+](=O)[O-])c2)C1=O)Nc1ccc(Cl)c(Cl)c1. The van der Waals surface area contributed by atoms with Gasteiger partial charge in [-0.05, 0) is 48.5 Å². The quantitative estimate of drug-likeness (QED) is 0.166. The third-order valence-electron chi connectivity index (χ3n) is 5.23. The molecule has 0 saturated carbocycles. The van der Waals surface area contributed by atoms with Crippen LogP contribution < -0.4 is 20.3 Å². The van der Waals surface area contributed by atoms with E-state index in [4.69, 9.17) is 39.5 Å². The van der Waals surface area contributed by atoms with Gasteiger partial charge in [0.15, 0.2) is 6.61 Å². The van der Waals surface area contributed by atoms with E-state index in [9.17, 15) is 29.3 Å². The fraction of sp³-hybridized carbons (Fsp3) is 0.0400. The number of urea groups is 1. The second-order valence-corrected chi connectivity index (χ2v) is 9.13. The lowest BCUT2D eigenvalue weighted by Gasteiger charge is -2.26. The molecule has 1 aliphatic heterocycles. The van der Waals surface area contributed by atoms with Crippen LogP contribution in [0.4, 0.5) is 21.9 Å². The fourth-order valence-corrected chi connectivity index (χ4v) is 3.95. The second-order valence-electron chi connectivity index (χ2n) is 7.88. The number of imide groups is 2. The fourth-order valence-electron chi connectivity index (χ4n) is 3.47. The van der Waals surface area contributed by atoms with Crippen molar-refractivity contribution in [2.24, 2.45) is 0 Å². The molecule has 4 rings (SSSR count). The Kier molecular flexibility index (Phi) is 8.15. The summed E-state index contributed by atoms with van der Waals surface area (Å²) < 4.78 is 5.59. The van der Waals surface area contributed by atoms with Crippen LogP contribution in [0.2, 0.25) is 15.1 Å². The van der Waals surface area contributed by atoms with Gasteiger partial charge in [0.2, 0.25) is 0 Å². The van der Waals surface area contributed by atoms with Crippen LogP contribution in [0.25, 0.3) is 6.08 Å². The lowest BCUT2D eigenvalue weighted by atomic mass is 10.1. The first-order chi connectivity index (χ1) is 18.5. The van der Waals surface area contributed by atoms with E-state index < -0.39 is 40.9 Å². The molecule has 1 saturated heterocycles. The minimum atomic E-state index is -1.08. The lowest BCUT2D eigenvalue weighted by molar-refractivity contribution is -0.384. The Morgan fingerprint density at radius 3 is 2.51 bits per heavy atom. The third-order valence-corrected chi connectivity index (χ3v) is 6.21. The molecule has 0 bridgehead atoms. The van der Waals surface area contributed by atoms with Crippen molar-refractivity contribution in [1.29, 1.82) is 0 Å². The molecule has 2 N–H and O–H groups in total. The smallest absolute Gasteiger partial charge is 0.335 e. The summed E-state index contributed by atoms with van der Waals surface area (Å²) in [6.45, 7) is -0.462. The molecule has 1 aliphatic rings. The highest BCUT2D eigenvalue weighted by molar-refractivity contribution is 6.42. The van der Waals surface area contributed by atoms with Crippen molar-refractivity contribution >= 4 is 81.7 Å². The zero-order valence-corrected chi connectivity index (χ0v) is 21.7. The molecule has 198 valence electrons. The maximum Gasteiger partial charge on any atom is 0.335 e.